The lowest BCUT2D eigenvalue weighted by molar-refractivity contribution is 0.0689. The Balaban J connectivity index is 2.19. The van der Waals surface area contributed by atoms with Crippen molar-refractivity contribution in [3.8, 4) is 11.3 Å². The number of carboxylic acids is 1. The molecule has 0 spiro atoms. The molecule has 20 heavy (non-hydrogen) atoms. The van der Waals surface area contributed by atoms with Gasteiger partial charge in [-0.1, -0.05) is 17.7 Å². The van der Waals surface area contributed by atoms with Crippen LogP contribution in [0.15, 0.2) is 24.3 Å². The molecule has 0 saturated heterocycles. The van der Waals surface area contributed by atoms with Crippen LogP contribution in [0.1, 0.15) is 10.5 Å². The smallest absolute Gasteiger partial charge is 0.356 e. The minimum Gasteiger partial charge on any atom is -0.476 e. The lowest BCUT2D eigenvalue weighted by Gasteiger charge is -2.02. The lowest BCUT2D eigenvalue weighted by atomic mass is 10.1. The minimum atomic E-state index is -1.04. The molecule has 0 atom stereocenters. The molecule has 2 heterocycles. The van der Waals surface area contributed by atoms with Gasteiger partial charge in [0.2, 0.25) is 0 Å². The Hall–Kier alpha value is -2.34. The third-order valence-corrected chi connectivity index (χ3v) is 3.48. The van der Waals surface area contributed by atoms with Crippen molar-refractivity contribution in [2.75, 3.05) is 0 Å². The van der Waals surface area contributed by atoms with Crippen molar-refractivity contribution in [2.45, 2.75) is 0 Å². The van der Waals surface area contributed by atoms with Crippen LogP contribution in [0, 0.1) is 0 Å². The summed E-state index contributed by atoms with van der Waals surface area (Å²) in [5.74, 6) is -1.04. The third kappa shape index (κ3) is 1.85. The van der Waals surface area contributed by atoms with E-state index in [9.17, 15) is 4.79 Å². The van der Waals surface area contributed by atoms with Crippen LogP contribution < -0.4 is 0 Å². The number of aromatic nitrogens is 4. The van der Waals surface area contributed by atoms with E-state index >= 15 is 0 Å². The van der Waals surface area contributed by atoms with Crippen LogP contribution in [0.3, 0.4) is 0 Å². The van der Waals surface area contributed by atoms with Gasteiger partial charge in [0.15, 0.2) is 10.8 Å². The molecule has 0 unspecified atom stereocenters. The van der Waals surface area contributed by atoms with Gasteiger partial charge in [-0.2, -0.15) is 10.2 Å². The zero-order valence-electron chi connectivity index (χ0n) is 10.8. The predicted octanol–water partition coefficient (Wildman–Crippen LogP) is 2.33. The maximum absolute atomic E-state index is 11.0. The monoisotopic (exact) mass is 290 g/mol. The molecule has 7 heteroatoms. The SMILES string of the molecule is Cn1nc(C(=O)O)cc1-c1ccc2c(Cl)nn(C)c2c1. The highest BCUT2D eigenvalue weighted by atomic mass is 35.5. The number of nitrogens with zero attached hydrogens (tertiary/aromatic N) is 4. The highest BCUT2D eigenvalue weighted by molar-refractivity contribution is 6.34. The van der Waals surface area contributed by atoms with Crippen molar-refractivity contribution in [1.82, 2.24) is 19.6 Å². The molecule has 0 radical (unpaired) electrons. The number of rotatable bonds is 2. The summed E-state index contributed by atoms with van der Waals surface area (Å²) in [7, 11) is 3.52. The first-order valence-electron chi connectivity index (χ1n) is 5.87. The second-order valence-corrected chi connectivity index (χ2v) is 4.85. The number of carboxylic acid groups (broad SMARTS) is 1. The molecule has 1 N–H and O–H groups in total. The molecule has 6 nitrogen and oxygen atoms in total. The Bertz CT molecular complexity index is 834. The Morgan fingerprint density at radius 3 is 2.60 bits per heavy atom. The van der Waals surface area contributed by atoms with E-state index in [2.05, 4.69) is 10.2 Å². The van der Waals surface area contributed by atoms with E-state index < -0.39 is 5.97 Å². The minimum absolute atomic E-state index is 0.0191. The highest BCUT2D eigenvalue weighted by Crippen LogP contribution is 2.28. The molecule has 0 aliphatic heterocycles. The van der Waals surface area contributed by atoms with Crippen LogP contribution in [0.4, 0.5) is 0 Å². The molecule has 2 aromatic heterocycles. The van der Waals surface area contributed by atoms with Crippen LogP contribution in [0.2, 0.25) is 5.15 Å². The molecule has 0 fully saturated rings. The molecule has 0 bridgehead atoms. The first-order chi connectivity index (χ1) is 9.47. The van der Waals surface area contributed by atoms with E-state index in [4.69, 9.17) is 16.7 Å². The van der Waals surface area contributed by atoms with E-state index in [0.717, 1.165) is 22.2 Å². The molecule has 102 valence electrons. The fourth-order valence-electron chi connectivity index (χ4n) is 2.21. The largest absolute Gasteiger partial charge is 0.476 e. The van der Waals surface area contributed by atoms with E-state index in [1.54, 1.807) is 22.5 Å². The van der Waals surface area contributed by atoms with Crippen molar-refractivity contribution < 1.29 is 9.90 Å². The maximum Gasteiger partial charge on any atom is 0.356 e. The summed E-state index contributed by atoms with van der Waals surface area (Å²) in [6, 6.07) is 7.20. The summed E-state index contributed by atoms with van der Waals surface area (Å²) in [5, 5.41) is 18.4. The summed E-state index contributed by atoms with van der Waals surface area (Å²) in [6.07, 6.45) is 0. The van der Waals surface area contributed by atoms with Gasteiger partial charge in [-0.25, -0.2) is 4.79 Å². The summed E-state index contributed by atoms with van der Waals surface area (Å²) < 4.78 is 3.23. The zero-order chi connectivity index (χ0) is 14.4. The molecular formula is C13H11ClN4O2. The van der Waals surface area contributed by atoms with Gasteiger partial charge >= 0.3 is 5.97 Å². The average molecular weight is 291 g/mol. The van der Waals surface area contributed by atoms with Crippen LogP contribution in [0.25, 0.3) is 22.2 Å². The topological polar surface area (TPSA) is 72.9 Å². The van der Waals surface area contributed by atoms with Crippen LogP contribution >= 0.6 is 11.6 Å². The molecule has 0 amide bonds. The van der Waals surface area contributed by atoms with Gasteiger partial charge < -0.3 is 5.11 Å². The fourth-order valence-corrected chi connectivity index (χ4v) is 2.49. The molecule has 3 rings (SSSR count). The first-order valence-corrected chi connectivity index (χ1v) is 6.25. The number of aromatic carboxylic acids is 1. The van der Waals surface area contributed by atoms with Gasteiger partial charge in [0.1, 0.15) is 0 Å². The molecule has 0 aliphatic rings. The summed E-state index contributed by atoms with van der Waals surface area (Å²) in [6.45, 7) is 0. The van der Waals surface area contributed by atoms with E-state index in [-0.39, 0.29) is 5.69 Å². The van der Waals surface area contributed by atoms with E-state index in [0.29, 0.717) is 5.15 Å². The third-order valence-electron chi connectivity index (χ3n) is 3.20. The second kappa shape index (κ2) is 4.35. The zero-order valence-corrected chi connectivity index (χ0v) is 11.6. The van der Waals surface area contributed by atoms with Crippen molar-refractivity contribution in [1.29, 1.82) is 0 Å². The quantitative estimate of drug-likeness (QED) is 0.786. The molecule has 3 aromatic rings. The number of aryl methyl sites for hydroxylation is 2. The van der Waals surface area contributed by atoms with Crippen LogP contribution in [0.5, 0.6) is 0 Å². The van der Waals surface area contributed by atoms with Crippen LogP contribution in [-0.4, -0.2) is 30.6 Å². The van der Waals surface area contributed by atoms with Gasteiger partial charge in [0, 0.05) is 25.0 Å². The Morgan fingerprint density at radius 1 is 1.20 bits per heavy atom. The summed E-state index contributed by atoms with van der Waals surface area (Å²) >= 11 is 6.03. The first kappa shape index (κ1) is 12.7. The maximum atomic E-state index is 11.0. The number of benzene rings is 1. The van der Waals surface area contributed by atoms with Gasteiger partial charge in [-0.05, 0) is 18.2 Å². The number of fused-ring (bicyclic) bond motifs is 1. The second-order valence-electron chi connectivity index (χ2n) is 4.49. The van der Waals surface area contributed by atoms with E-state index in [1.807, 2.05) is 25.2 Å². The summed E-state index contributed by atoms with van der Waals surface area (Å²) in [4.78, 5) is 11.0. The number of hydrogen-bond acceptors (Lipinski definition) is 3. The van der Waals surface area contributed by atoms with Gasteiger partial charge in [-0.3, -0.25) is 9.36 Å². The molecule has 0 saturated carbocycles. The number of halogens is 1. The van der Waals surface area contributed by atoms with Gasteiger partial charge in [0.05, 0.1) is 11.2 Å². The summed E-state index contributed by atoms with van der Waals surface area (Å²) in [5.41, 5.74) is 2.48. The normalized spacial score (nSPS) is 11.2. The van der Waals surface area contributed by atoms with Crippen molar-refractivity contribution in [2.24, 2.45) is 14.1 Å². The number of carbonyl (C=O) groups is 1. The van der Waals surface area contributed by atoms with Crippen molar-refractivity contribution in [3.63, 3.8) is 0 Å². The number of hydrogen-bond donors (Lipinski definition) is 1. The van der Waals surface area contributed by atoms with Crippen molar-refractivity contribution >= 4 is 28.5 Å². The molecular weight excluding hydrogens is 280 g/mol. The van der Waals surface area contributed by atoms with E-state index in [1.165, 1.54) is 0 Å². The standard InChI is InChI=1S/C13H11ClN4O2/c1-17-10(6-9(15-17)13(19)20)7-3-4-8-11(5-7)18(2)16-12(8)14/h3-6H,1-2H3,(H,19,20). The van der Waals surface area contributed by atoms with Gasteiger partial charge in [0.25, 0.3) is 0 Å². The molecule has 0 aliphatic carbocycles. The van der Waals surface area contributed by atoms with Crippen molar-refractivity contribution in [3.05, 3.63) is 35.1 Å². The Labute approximate surface area is 119 Å². The van der Waals surface area contributed by atoms with Gasteiger partial charge in [-0.15, -0.1) is 0 Å². The average Bonchev–Trinajstić information content (AvgIpc) is 2.91. The highest BCUT2D eigenvalue weighted by Gasteiger charge is 2.14. The Morgan fingerprint density at radius 2 is 1.95 bits per heavy atom. The van der Waals surface area contributed by atoms with Crippen LogP contribution in [-0.2, 0) is 14.1 Å². The molecule has 1 aromatic carbocycles. The predicted molar refractivity (Wildman–Crippen MR) is 74.9 cm³/mol. The fraction of sp³-hybridized carbons (Fsp3) is 0.154. The lowest BCUT2D eigenvalue weighted by Crippen LogP contribution is -1.99. The Kier molecular flexibility index (Phi) is 2.76.